The molecule has 2 saturated heterocycles. The van der Waals surface area contributed by atoms with Gasteiger partial charge in [-0.1, -0.05) is 49.6 Å². The highest BCUT2D eigenvalue weighted by Gasteiger charge is 2.48. The van der Waals surface area contributed by atoms with Crippen molar-refractivity contribution in [3.05, 3.63) is 35.9 Å². The molecular weight excluding hydrogens is 212 g/mol. The molecule has 0 saturated carbocycles. The van der Waals surface area contributed by atoms with Crippen LogP contribution in [0.4, 0.5) is 0 Å². The van der Waals surface area contributed by atoms with Crippen molar-refractivity contribution < 1.29 is 4.43 Å². The van der Waals surface area contributed by atoms with Crippen LogP contribution in [0.25, 0.3) is 0 Å². The minimum absolute atomic E-state index is 0.786. The molecule has 0 amide bonds. The molecule has 3 rings (SSSR count). The molecule has 0 radical (unpaired) electrons. The van der Waals surface area contributed by atoms with Gasteiger partial charge >= 0.3 is 0 Å². The molecule has 1 aromatic rings. The van der Waals surface area contributed by atoms with E-state index < -0.39 is 8.32 Å². The van der Waals surface area contributed by atoms with Crippen molar-refractivity contribution in [3.63, 3.8) is 0 Å². The minimum Gasteiger partial charge on any atom is -0.416 e. The topological polar surface area (TPSA) is 9.23 Å². The normalized spacial score (nSPS) is 28.4. The maximum atomic E-state index is 6.29. The molecule has 1 nitrogen and oxygen atoms in total. The second-order valence-corrected chi connectivity index (χ2v) is 9.34. The van der Waals surface area contributed by atoms with Crippen molar-refractivity contribution in [2.24, 2.45) is 0 Å². The predicted octanol–water partition coefficient (Wildman–Crippen LogP) is 3.86. The molecule has 2 heterocycles. The summed E-state index contributed by atoms with van der Waals surface area (Å²) in [6.07, 6.45) is 5.53. The van der Waals surface area contributed by atoms with Gasteiger partial charge in [0.25, 0.3) is 0 Å². The van der Waals surface area contributed by atoms with E-state index in [-0.39, 0.29) is 0 Å². The summed E-state index contributed by atoms with van der Waals surface area (Å²) in [4.78, 5) is 0. The standard InChI is InChI=1S/C14H20OSi/c1-3-7-13(8-4-1)14-9-10-15-16(14)11-5-2-6-12-16/h1,3-4,7-8,14H,2,5-6,9-12H2/t14-/m1/s1. The van der Waals surface area contributed by atoms with Crippen LogP contribution in [-0.4, -0.2) is 14.9 Å². The molecule has 86 valence electrons. The SMILES string of the molecule is c1ccc([C@H]2CCO[Si]23CCCCC3)cc1. The van der Waals surface area contributed by atoms with E-state index in [1.54, 1.807) is 5.56 Å². The highest BCUT2D eigenvalue weighted by atomic mass is 28.4. The van der Waals surface area contributed by atoms with Gasteiger partial charge in [0.1, 0.15) is 0 Å². The molecule has 1 spiro atoms. The Morgan fingerprint density at radius 2 is 1.75 bits per heavy atom. The van der Waals surface area contributed by atoms with E-state index in [1.807, 2.05) is 0 Å². The average Bonchev–Trinajstić information content (AvgIpc) is 2.75. The van der Waals surface area contributed by atoms with Crippen molar-refractivity contribution in [1.82, 2.24) is 0 Å². The highest BCUT2D eigenvalue weighted by molar-refractivity contribution is 6.76. The zero-order chi connectivity index (χ0) is 10.8. The zero-order valence-corrected chi connectivity index (χ0v) is 10.8. The fourth-order valence-electron chi connectivity index (χ4n) is 3.54. The van der Waals surface area contributed by atoms with Crippen LogP contribution in [-0.2, 0) is 4.43 Å². The van der Waals surface area contributed by atoms with E-state index in [4.69, 9.17) is 4.43 Å². The Bertz CT molecular complexity index is 343. The first-order valence-corrected chi connectivity index (χ1v) is 9.00. The fraction of sp³-hybridized carbons (Fsp3) is 0.571. The summed E-state index contributed by atoms with van der Waals surface area (Å²) in [7, 11) is -1.39. The Hall–Kier alpha value is -0.603. The number of rotatable bonds is 1. The summed E-state index contributed by atoms with van der Waals surface area (Å²) in [6, 6.07) is 13.9. The van der Waals surface area contributed by atoms with Crippen molar-refractivity contribution >= 4 is 8.32 Å². The largest absolute Gasteiger partial charge is 0.416 e. The molecule has 0 bridgehead atoms. The van der Waals surface area contributed by atoms with Gasteiger partial charge in [0.05, 0.1) is 0 Å². The maximum Gasteiger partial charge on any atom is 0.200 e. The van der Waals surface area contributed by atoms with Crippen molar-refractivity contribution in [2.45, 2.75) is 43.3 Å². The lowest BCUT2D eigenvalue weighted by Gasteiger charge is -2.35. The van der Waals surface area contributed by atoms with Gasteiger partial charge in [0.15, 0.2) is 8.32 Å². The van der Waals surface area contributed by atoms with Gasteiger partial charge in [0.2, 0.25) is 0 Å². The van der Waals surface area contributed by atoms with Crippen LogP contribution in [0.1, 0.15) is 36.8 Å². The lowest BCUT2D eigenvalue weighted by molar-refractivity contribution is 0.334. The van der Waals surface area contributed by atoms with Crippen LogP contribution in [0.3, 0.4) is 0 Å². The minimum atomic E-state index is -1.39. The maximum absolute atomic E-state index is 6.29. The zero-order valence-electron chi connectivity index (χ0n) is 9.82. The summed E-state index contributed by atoms with van der Waals surface area (Å²) in [5, 5.41) is 0. The molecule has 2 aliphatic heterocycles. The summed E-state index contributed by atoms with van der Waals surface area (Å²) in [6.45, 7) is 1.02. The van der Waals surface area contributed by atoms with E-state index in [9.17, 15) is 0 Å². The van der Waals surface area contributed by atoms with E-state index in [2.05, 4.69) is 30.3 Å². The number of hydrogen-bond donors (Lipinski definition) is 0. The van der Waals surface area contributed by atoms with Gasteiger partial charge in [-0.05, 0) is 24.1 Å². The van der Waals surface area contributed by atoms with Gasteiger partial charge in [0, 0.05) is 12.1 Å². The molecule has 1 atom stereocenters. The average molecular weight is 232 g/mol. The van der Waals surface area contributed by atoms with Crippen molar-refractivity contribution in [1.29, 1.82) is 0 Å². The summed E-state index contributed by atoms with van der Waals surface area (Å²) in [5.41, 5.74) is 2.34. The van der Waals surface area contributed by atoms with Gasteiger partial charge in [-0.25, -0.2) is 0 Å². The quantitative estimate of drug-likeness (QED) is 0.668. The predicted molar refractivity (Wildman–Crippen MR) is 69.0 cm³/mol. The first kappa shape index (κ1) is 10.5. The van der Waals surface area contributed by atoms with Crippen LogP contribution in [0, 0.1) is 0 Å². The first-order valence-electron chi connectivity index (χ1n) is 6.60. The summed E-state index contributed by atoms with van der Waals surface area (Å²) < 4.78 is 6.29. The van der Waals surface area contributed by atoms with Crippen LogP contribution in [0.2, 0.25) is 12.1 Å². The molecule has 0 unspecified atom stereocenters. The Morgan fingerprint density at radius 3 is 2.50 bits per heavy atom. The molecule has 2 aliphatic rings. The molecule has 2 heteroatoms. The first-order chi connectivity index (χ1) is 7.91. The highest BCUT2D eigenvalue weighted by Crippen LogP contribution is 2.45. The van der Waals surface area contributed by atoms with Crippen molar-refractivity contribution in [2.75, 3.05) is 6.61 Å². The molecule has 1 aromatic carbocycles. The summed E-state index contributed by atoms with van der Waals surface area (Å²) in [5.74, 6) is 0. The van der Waals surface area contributed by atoms with Crippen LogP contribution in [0.15, 0.2) is 30.3 Å². The lowest BCUT2D eigenvalue weighted by atomic mass is 10.1. The Labute approximate surface area is 99.0 Å². The lowest BCUT2D eigenvalue weighted by Crippen LogP contribution is -2.41. The Balaban J connectivity index is 1.89. The monoisotopic (exact) mass is 232 g/mol. The van der Waals surface area contributed by atoms with Crippen LogP contribution in [0.5, 0.6) is 0 Å². The molecule has 16 heavy (non-hydrogen) atoms. The molecule has 0 N–H and O–H groups in total. The second kappa shape index (κ2) is 4.34. The van der Waals surface area contributed by atoms with Gasteiger partial charge < -0.3 is 4.43 Å². The van der Waals surface area contributed by atoms with E-state index in [0.717, 1.165) is 12.1 Å². The second-order valence-electron chi connectivity index (χ2n) is 5.23. The Morgan fingerprint density at radius 1 is 1.00 bits per heavy atom. The van der Waals surface area contributed by atoms with Gasteiger partial charge in [-0.2, -0.15) is 0 Å². The smallest absolute Gasteiger partial charge is 0.200 e. The molecule has 2 fully saturated rings. The van der Waals surface area contributed by atoms with E-state index >= 15 is 0 Å². The van der Waals surface area contributed by atoms with Crippen LogP contribution < -0.4 is 0 Å². The molecule has 0 aliphatic carbocycles. The van der Waals surface area contributed by atoms with Crippen LogP contribution >= 0.6 is 0 Å². The molecule has 0 aromatic heterocycles. The third kappa shape index (κ3) is 1.74. The fourth-order valence-corrected chi connectivity index (χ4v) is 8.64. The van der Waals surface area contributed by atoms with Gasteiger partial charge in [-0.15, -0.1) is 0 Å². The van der Waals surface area contributed by atoms with Crippen molar-refractivity contribution in [3.8, 4) is 0 Å². The Kier molecular flexibility index (Phi) is 2.86. The number of hydrogen-bond acceptors (Lipinski definition) is 1. The van der Waals surface area contributed by atoms with E-state index in [0.29, 0.717) is 0 Å². The summed E-state index contributed by atoms with van der Waals surface area (Å²) >= 11 is 0. The third-order valence-corrected chi connectivity index (χ3v) is 9.40. The van der Waals surface area contributed by atoms with E-state index in [1.165, 1.54) is 37.8 Å². The third-order valence-electron chi connectivity index (χ3n) is 4.33. The number of benzene rings is 1. The van der Waals surface area contributed by atoms with Gasteiger partial charge in [-0.3, -0.25) is 0 Å². The molecular formula is C14H20OSi.